The second-order valence-electron chi connectivity index (χ2n) is 11.2. The summed E-state index contributed by atoms with van der Waals surface area (Å²) in [5.41, 5.74) is 1.21. The average molecular weight is 673 g/mol. The van der Waals surface area contributed by atoms with Crippen molar-refractivity contribution in [1.82, 2.24) is 30.2 Å². The lowest BCUT2D eigenvalue weighted by Crippen LogP contribution is -2.46. The summed E-state index contributed by atoms with van der Waals surface area (Å²) in [7, 11) is 0. The summed E-state index contributed by atoms with van der Waals surface area (Å²) < 4.78 is 100. The molecule has 1 fully saturated rings. The molecule has 9 nitrogen and oxygen atoms in total. The molecular formula is C32H27F7N8O. The minimum absolute atomic E-state index is 0.412. The predicted octanol–water partition coefficient (Wildman–Crippen LogP) is 5.91. The summed E-state index contributed by atoms with van der Waals surface area (Å²) in [5.74, 6) is -7.51. The molecule has 4 heterocycles. The number of rotatable bonds is 9. The van der Waals surface area contributed by atoms with E-state index in [1.807, 2.05) is 29.2 Å². The Balaban J connectivity index is 1.13. The fourth-order valence-corrected chi connectivity index (χ4v) is 5.62. The highest BCUT2D eigenvalue weighted by Crippen LogP contribution is 2.43. The minimum atomic E-state index is -4.81. The number of halogens is 7. The molecular weight excluding hydrogens is 645 g/mol. The number of nitrogens with zero attached hydrogens (tertiary/aromatic N) is 8. The quantitative estimate of drug-likeness (QED) is 0.193. The Morgan fingerprint density at radius 2 is 1.46 bits per heavy atom. The Hall–Kier alpha value is -5.12. The van der Waals surface area contributed by atoms with Gasteiger partial charge in [0.1, 0.15) is 23.7 Å². The number of aromatic nitrogens is 6. The van der Waals surface area contributed by atoms with Gasteiger partial charge in [0.25, 0.3) is 5.92 Å². The van der Waals surface area contributed by atoms with Crippen LogP contribution in [0.2, 0.25) is 0 Å². The van der Waals surface area contributed by atoms with Crippen LogP contribution in [0.25, 0.3) is 11.1 Å². The van der Waals surface area contributed by atoms with Gasteiger partial charge in [-0.15, -0.1) is 5.10 Å². The molecule has 0 spiro atoms. The van der Waals surface area contributed by atoms with Crippen LogP contribution in [0, 0.1) is 11.6 Å². The average Bonchev–Trinajstić information content (AvgIpc) is 3.61. The van der Waals surface area contributed by atoms with Gasteiger partial charge in [-0.05, 0) is 58.0 Å². The fourth-order valence-electron chi connectivity index (χ4n) is 5.62. The van der Waals surface area contributed by atoms with Crippen molar-refractivity contribution < 1.29 is 35.8 Å². The van der Waals surface area contributed by atoms with E-state index in [0.29, 0.717) is 49.1 Å². The standard InChI is InChI=1S/C32H27F7N8O/c33-22-4-7-25(27(34)15-22)26(18-47-19-42-43-44-47)31(35,36)29-8-3-21(17-41-29)20-1-5-23(6-2-20)45-11-13-46(14-12-45)24-9-10-40-28(16-24)30(48)32(37,38)39/h1-10,15-17,19,26,30,48H,11-14,18H2. The molecule has 2 aromatic carbocycles. The SMILES string of the molecule is OC(c1cc(N2CCN(c3ccc(-c4ccc(C(F)(F)C(Cn5cnnn5)c5ccc(F)cc5F)nc4)cc3)CC2)ccn1)C(F)(F)F. The van der Waals surface area contributed by atoms with Gasteiger partial charge < -0.3 is 14.9 Å². The lowest BCUT2D eigenvalue weighted by molar-refractivity contribution is -0.207. The third-order valence-corrected chi connectivity index (χ3v) is 8.21. The maximum absolute atomic E-state index is 15.9. The van der Waals surface area contributed by atoms with Crippen LogP contribution in [-0.4, -0.2) is 67.6 Å². The van der Waals surface area contributed by atoms with Crippen molar-refractivity contribution in [2.24, 2.45) is 0 Å². The number of hydrogen-bond acceptors (Lipinski definition) is 8. The Morgan fingerprint density at radius 1 is 0.771 bits per heavy atom. The Morgan fingerprint density at radius 3 is 2.06 bits per heavy atom. The number of pyridine rings is 2. The van der Waals surface area contributed by atoms with Crippen molar-refractivity contribution in [3.8, 4) is 11.1 Å². The van der Waals surface area contributed by atoms with Gasteiger partial charge in [0.15, 0.2) is 6.10 Å². The van der Waals surface area contributed by atoms with Crippen LogP contribution in [0.1, 0.15) is 29.0 Å². The van der Waals surface area contributed by atoms with E-state index in [1.54, 1.807) is 6.07 Å². The molecule has 48 heavy (non-hydrogen) atoms. The monoisotopic (exact) mass is 672 g/mol. The van der Waals surface area contributed by atoms with E-state index in [2.05, 4.69) is 30.4 Å². The summed E-state index contributed by atoms with van der Waals surface area (Å²) in [4.78, 5) is 11.7. The molecule has 5 aromatic rings. The first-order valence-electron chi connectivity index (χ1n) is 14.7. The second-order valence-corrected chi connectivity index (χ2v) is 11.2. The fraction of sp³-hybridized carbons (Fsp3) is 0.281. The lowest BCUT2D eigenvalue weighted by Gasteiger charge is -2.37. The first kappa shape index (κ1) is 32.8. The van der Waals surface area contributed by atoms with Crippen molar-refractivity contribution in [2.45, 2.75) is 30.7 Å². The molecule has 0 saturated carbocycles. The highest BCUT2D eigenvalue weighted by molar-refractivity contribution is 5.66. The summed E-state index contributed by atoms with van der Waals surface area (Å²) in [6, 6.07) is 15.3. The number of benzene rings is 2. The number of piperazine rings is 1. The largest absolute Gasteiger partial charge is 0.420 e. The van der Waals surface area contributed by atoms with Gasteiger partial charge >= 0.3 is 6.18 Å². The van der Waals surface area contributed by atoms with E-state index in [1.165, 1.54) is 24.5 Å². The van der Waals surface area contributed by atoms with Gasteiger partial charge in [-0.3, -0.25) is 9.97 Å². The van der Waals surface area contributed by atoms with Gasteiger partial charge in [0.2, 0.25) is 0 Å². The van der Waals surface area contributed by atoms with Crippen LogP contribution < -0.4 is 9.80 Å². The number of aliphatic hydroxyl groups is 1. The first-order chi connectivity index (χ1) is 22.9. The van der Waals surface area contributed by atoms with Crippen LogP contribution in [0.15, 0.2) is 85.5 Å². The number of hydrogen-bond donors (Lipinski definition) is 1. The molecule has 0 bridgehead atoms. The summed E-state index contributed by atoms with van der Waals surface area (Å²) in [6.45, 7) is 1.69. The zero-order valence-electron chi connectivity index (χ0n) is 24.9. The maximum atomic E-state index is 15.9. The van der Waals surface area contributed by atoms with E-state index >= 15 is 8.78 Å². The molecule has 16 heteroatoms. The molecule has 1 N–H and O–H groups in total. The van der Waals surface area contributed by atoms with Crippen LogP contribution in [-0.2, 0) is 12.5 Å². The van der Waals surface area contributed by atoms with Crippen molar-refractivity contribution in [3.63, 3.8) is 0 Å². The van der Waals surface area contributed by atoms with Crippen LogP contribution in [0.4, 0.5) is 42.1 Å². The second kappa shape index (κ2) is 13.2. The van der Waals surface area contributed by atoms with Gasteiger partial charge in [0.05, 0.1) is 18.2 Å². The smallest absolute Gasteiger partial charge is 0.378 e. The Kier molecular flexibility index (Phi) is 9.01. The highest BCUT2D eigenvalue weighted by Gasteiger charge is 2.45. The van der Waals surface area contributed by atoms with Gasteiger partial charge in [-0.25, -0.2) is 13.5 Å². The normalized spacial score (nSPS) is 15.4. The van der Waals surface area contributed by atoms with Gasteiger partial charge in [-0.1, -0.05) is 24.3 Å². The van der Waals surface area contributed by atoms with Crippen molar-refractivity contribution in [1.29, 1.82) is 0 Å². The summed E-state index contributed by atoms with van der Waals surface area (Å²) >= 11 is 0. The minimum Gasteiger partial charge on any atom is -0.378 e. The van der Waals surface area contributed by atoms with Gasteiger partial charge in [-0.2, -0.15) is 22.0 Å². The van der Waals surface area contributed by atoms with E-state index in [0.717, 1.165) is 34.9 Å². The Bertz CT molecular complexity index is 1830. The van der Waals surface area contributed by atoms with Crippen LogP contribution in [0.3, 0.4) is 0 Å². The molecule has 1 aliphatic heterocycles. The zero-order chi connectivity index (χ0) is 34.1. The van der Waals surface area contributed by atoms with Gasteiger partial charge in [0, 0.05) is 61.6 Å². The molecule has 2 atom stereocenters. The van der Waals surface area contributed by atoms with Crippen LogP contribution >= 0.6 is 0 Å². The first-order valence-corrected chi connectivity index (χ1v) is 14.7. The molecule has 250 valence electrons. The maximum Gasteiger partial charge on any atom is 0.420 e. The molecule has 6 rings (SSSR count). The molecule has 0 radical (unpaired) electrons. The molecule has 3 aromatic heterocycles. The zero-order valence-corrected chi connectivity index (χ0v) is 24.9. The number of alkyl halides is 5. The molecule has 1 saturated heterocycles. The highest BCUT2D eigenvalue weighted by atomic mass is 19.4. The van der Waals surface area contributed by atoms with E-state index < -0.39 is 59.3 Å². The predicted molar refractivity (Wildman–Crippen MR) is 160 cm³/mol. The number of anilines is 2. The molecule has 0 aliphatic carbocycles. The van der Waals surface area contributed by atoms with Crippen molar-refractivity contribution in [3.05, 3.63) is 114 Å². The topological polar surface area (TPSA) is 96.1 Å². The lowest BCUT2D eigenvalue weighted by atomic mass is 9.89. The summed E-state index contributed by atoms with van der Waals surface area (Å²) in [6.07, 6.45) is -3.81. The Labute approximate surface area is 269 Å². The third-order valence-electron chi connectivity index (χ3n) is 8.21. The van der Waals surface area contributed by atoms with E-state index in [-0.39, 0.29) is 0 Å². The van der Waals surface area contributed by atoms with E-state index in [4.69, 9.17) is 0 Å². The summed E-state index contributed by atoms with van der Waals surface area (Å²) in [5, 5.41) is 20.1. The third kappa shape index (κ3) is 6.93. The number of tetrazole rings is 1. The number of aliphatic hydroxyl groups excluding tert-OH is 1. The molecule has 2 unspecified atom stereocenters. The van der Waals surface area contributed by atoms with Crippen molar-refractivity contribution in [2.75, 3.05) is 36.0 Å². The molecule has 0 amide bonds. The van der Waals surface area contributed by atoms with E-state index in [9.17, 15) is 27.1 Å². The molecule has 1 aliphatic rings. The van der Waals surface area contributed by atoms with Crippen molar-refractivity contribution >= 4 is 11.4 Å². The van der Waals surface area contributed by atoms with Crippen LogP contribution in [0.5, 0.6) is 0 Å².